The first-order chi connectivity index (χ1) is 10.7. The van der Waals surface area contributed by atoms with E-state index in [0.29, 0.717) is 17.8 Å². The minimum absolute atomic E-state index is 0.0344. The molecular formula is C17H30O5. The van der Waals surface area contributed by atoms with Gasteiger partial charge < -0.3 is 23.7 Å². The van der Waals surface area contributed by atoms with E-state index < -0.39 is 0 Å². The highest BCUT2D eigenvalue weighted by atomic mass is 16.7. The highest BCUT2D eigenvalue weighted by Crippen LogP contribution is 2.28. The largest absolute Gasteiger partial charge is 0.378 e. The van der Waals surface area contributed by atoms with E-state index in [1.165, 1.54) is 6.42 Å². The molecule has 22 heavy (non-hydrogen) atoms. The standard InChI is InChI=1S/C17H30O5/c1-12-7-19-16(20-8-12)5-14-3-4-15(18-11-14)6-17-21-9-13(2)10-22-17/h12-17H,3-11H2,1-2H3. The molecule has 3 saturated heterocycles. The van der Waals surface area contributed by atoms with Crippen molar-refractivity contribution in [1.29, 1.82) is 0 Å². The zero-order chi connectivity index (χ0) is 15.4. The minimum Gasteiger partial charge on any atom is -0.378 e. The fourth-order valence-corrected chi connectivity index (χ4v) is 3.27. The van der Waals surface area contributed by atoms with Gasteiger partial charge in [0, 0.05) is 31.3 Å². The van der Waals surface area contributed by atoms with E-state index >= 15 is 0 Å². The van der Waals surface area contributed by atoms with Crippen LogP contribution in [0.3, 0.4) is 0 Å². The molecule has 3 fully saturated rings. The van der Waals surface area contributed by atoms with Crippen LogP contribution in [0.4, 0.5) is 0 Å². The van der Waals surface area contributed by atoms with E-state index in [0.717, 1.165) is 52.3 Å². The lowest BCUT2D eigenvalue weighted by molar-refractivity contribution is -0.221. The Hall–Kier alpha value is -0.200. The minimum atomic E-state index is -0.0794. The summed E-state index contributed by atoms with van der Waals surface area (Å²) < 4.78 is 28.9. The summed E-state index contributed by atoms with van der Waals surface area (Å²) in [6.07, 6.45) is 4.21. The molecule has 0 bridgehead atoms. The second-order valence-corrected chi connectivity index (χ2v) is 7.27. The van der Waals surface area contributed by atoms with Crippen LogP contribution < -0.4 is 0 Å². The molecule has 128 valence electrons. The lowest BCUT2D eigenvalue weighted by Gasteiger charge is -2.35. The third kappa shape index (κ3) is 4.90. The van der Waals surface area contributed by atoms with E-state index in [4.69, 9.17) is 23.7 Å². The van der Waals surface area contributed by atoms with Crippen LogP contribution in [0, 0.1) is 17.8 Å². The molecule has 0 N–H and O–H groups in total. The van der Waals surface area contributed by atoms with E-state index in [1.54, 1.807) is 0 Å². The molecule has 5 heteroatoms. The van der Waals surface area contributed by atoms with Gasteiger partial charge in [0.25, 0.3) is 0 Å². The van der Waals surface area contributed by atoms with Crippen LogP contribution >= 0.6 is 0 Å². The van der Waals surface area contributed by atoms with Crippen LogP contribution in [-0.2, 0) is 23.7 Å². The van der Waals surface area contributed by atoms with Gasteiger partial charge in [-0.1, -0.05) is 13.8 Å². The molecule has 0 aromatic heterocycles. The lowest BCUT2D eigenvalue weighted by atomic mass is 9.93. The zero-order valence-electron chi connectivity index (χ0n) is 13.9. The zero-order valence-corrected chi connectivity index (χ0v) is 13.9. The van der Waals surface area contributed by atoms with Crippen LogP contribution in [-0.4, -0.2) is 51.7 Å². The first-order valence-corrected chi connectivity index (χ1v) is 8.77. The molecule has 2 unspecified atom stereocenters. The summed E-state index contributed by atoms with van der Waals surface area (Å²) in [5.74, 6) is 1.57. The molecule has 3 aliphatic heterocycles. The highest BCUT2D eigenvalue weighted by Gasteiger charge is 2.30. The Kier molecular flexibility index (Phi) is 6.10. The number of ether oxygens (including phenoxy) is 5. The smallest absolute Gasteiger partial charge is 0.160 e. The third-order valence-electron chi connectivity index (χ3n) is 4.71. The summed E-state index contributed by atoms with van der Waals surface area (Å²) in [5, 5.41) is 0. The second kappa shape index (κ2) is 8.06. The predicted molar refractivity (Wildman–Crippen MR) is 81.4 cm³/mol. The maximum atomic E-state index is 6.01. The lowest BCUT2D eigenvalue weighted by Crippen LogP contribution is -2.37. The Morgan fingerprint density at radius 1 is 0.636 bits per heavy atom. The average Bonchev–Trinajstić information content (AvgIpc) is 2.54. The van der Waals surface area contributed by atoms with Gasteiger partial charge in [0.15, 0.2) is 12.6 Å². The molecule has 5 nitrogen and oxygen atoms in total. The molecular weight excluding hydrogens is 284 g/mol. The van der Waals surface area contributed by atoms with E-state index in [2.05, 4.69) is 13.8 Å². The molecule has 0 aliphatic carbocycles. The van der Waals surface area contributed by atoms with Crippen molar-refractivity contribution < 1.29 is 23.7 Å². The Bertz CT molecular complexity index is 281. The van der Waals surface area contributed by atoms with Gasteiger partial charge in [0.2, 0.25) is 0 Å². The molecule has 0 saturated carbocycles. The molecule has 0 aromatic rings. The maximum absolute atomic E-state index is 6.01. The van der Waals surface area contributed by atoms with E-state index in [1.807, 2.05) is 0 Å². The normalized spacial score (nSPS) is 43.9. The molecule has 0 amide bonds. The third-order valence-corrected chi connectivity index (χ3v) is 4.71. The summed E-state index contributed by atoms with van der Waals surface area (Å²) in [4.78, 5) is 0. The first-order valence-electron chi connectivity index (χ1n) is 8.77. The summed E-state index contributed by atoms with van der Waals surface area (Å²) >= 11 is 0. The molecule has 0 radical (unpaired) electrons. The summed E-state index contributed by atoms with van der Waals surface area (Å²) in [6, 6.07) is 0. The van der Waals surface area contributed by atoms with Crippen molar-refractivity contribution in [3.8, 4) is 0 Å². The van der Waals surface area contributed by atoms with Crippen molar-refractivity contribution in [2.75, 3.05) is 33.0 Å². The van der Waals surface area contributed by atoms with Crippen LogP contribution in [0.25, 0.3) is 0 Å². The summed E-state index contributed by atoms with van der Waals surface area (Å²) in [7, 11) is 0. The predicted octanol–water partition coefficient (Wildman–Crippen LogP) is 2.58. The van der Waals surface area contributed by atoms with Gasteiger partial charge in [-0.05, 0) is 18.8 Å². The molecule has 0 spiro atoms. The van der Waals surface area contributed by atoms with Crippen LogP contribution in [0.2, 0.25) is 0 Å². The van der Waals surface area contributed by atoms with Gasteiger partial charge in [-0.25, -0.2) is 0 Å². The topological polar surface area (TPSA) is 46.2 Å². The quantitative estimate of drug-likeness (QED) is 0.798. The van der Waals surface area contributed by atoms with Crippen molar-refractivity contribution in [2.45, 2.75) is 58.2 Å². The average molecular weight is 314 g/mol. The van der Waals surface area contributed by atoms with Gasteiger partial charge in [0.05, 0.1) is 32.5 Å². The Morgan fingerprint density at radius 2 is 1.18 bits per heavy atom. The van der Waals surface area contributed by atoms with Crippen molar-refractivity contribution in [3.63, 3.8) is 0 Å². The Morgan fingerprint density at radius 3 is 1.68 bits per heavy atom. The van der Waals surface area contributed by atoms with Gasteiger partial charge in [-0.15, -0.1) is 0 Å². The monoisotopic (exact) mass is 314 g/mol. The van der Waals surface area contributed by atoms with Crippen molar-refractivity contribution in [3.05, 3.63) is 0 Å². The number of hydrogen-bond acceptors (Lipinski definition) is 5. The number of rotatable bonds is 4. The molecule has 3 rings (SSSR count). The van der Waals surface area contributed by atoms with Crippen molar-refractivity contribution >= 4 is 0 Å². The van der Waals surface area contributed by atoms with Gasteiger partial charge in [-0.2, -0.15) is 0 Å². The van der Waals surface area contributed by atoms with Crippen molar-refractivity contribution in [1.82, 2.24) is 0 Å². The van der Waals surface area contributed by atoms with Crippen LogP contribution in [0.1, 0.15) is 39.5 Å². The van der Waals surface area contributed by atoms with Gasteiger partial charge in [0.1, 0.15) is 0 Å². The molecule has 3 aliphatic rings. The van der Waals surface area contributed by atoms with Gasteiger partial charge in [-0.3, -0.25) is 0 Å². The molecule has 3 heterocycles. The Balaban J connectivity index is 1.32. The van der Waals surface area contributed by atoms with Crippen LogP contribution in [0.5, 0.6) is 0 Å². The maximum Gasteiger partial charge on any atom is 0.160 e. The fourth-order valence-electron chi connectivity index (χ4n) is 3.27. The van der Waals surface area contributed by atoms with Crippen LogP contribution in [0.15, 0.2) is 0 Å². The van der Waals surface area contributed by atoms with E-state index in [-0.39, 0.29) is 18.7 Å². The van der Waals surface area contributed by atoms with Gasteiger partial charge >= 0.3 is 0 Å². The first kappa shape index (κ1) is 16.7. The number of hydrogen-bond donors (Lipinski definition) is 0. The Labute approximate surface area is 133 Å². The SMILES string of the molecule is CC1COC(CC2CCC(CC3OCC(C)CO3)OC2)OC1. The molecule has 0 aromatic carbocycles. The highest BCUT2D eigenvalue weighted by molar-refractivity contribution is 4.74. The fraction of sp³-hybridized carbons (Fsp3) is 1.00. The molecule has 2 atom stereocenters. The summed E-state index contributed by atoms with van der Waals surface area (Å²) in [5.41, 5.74) is 0. The van der Waals surface area contributed by atoms with Crippen molar-refractivity contribution in [2.24, 2.45) is 17.8 Å². The second-order valence-electron chi connectivity index (χ2n) is 7.27. The van der Waals surface area contributed by atoms with E-state index in [9.17, 15) is 0 Å². The summed E-state index contributed by atoms with van der Waals surface area (Å²) in [6.45, 7) is 8.33.